The van der Waals surface area contributed by atoms with Crippen LogP contribution in [0.1, 0.15) is 12.5 Å². The van der Waals surface area contributed by atoms with Crippen LogP contribution in [0, 0.1) is 6.92 Å². The van der Waals surface area contributed by atoms with Gasteiger partial charge in [0.1, 0.15) is 0 Å². The number of aromatic nitrogens is 2. The minimum Gasteiger partial charge on any atom is -0.450 e. The second kappa shape index (κ2) is 6.90. The lowest BCUT2D eigenvalue weighted by Gasteiger charge is -2.10. The van der Waals surface area contributed by atoms with Gasteiger partial charge in [-0.25, -0.2) is 4.79 Å². The smallest absolute Gasteiger partial charge is 0.412 e. The highest BCUT2D eigenvalue weighted by atomic mass is 35.5. The van der Waals surface area contributed by atoms with E-state index in [2.05, 4.69) is 20.8 Å². The monoisotopic (exact) mass is 306 g/mol. The van der Waals surface area contributed by atoms with Crippen LogP contribution in [0.2, 0.25) is 5.02 Å². The largest absolute Gasteiger partial charge is 0.450 e. The van der Waals surface area contributed by atoms with Crippen LogP contribution in [0.15, 0.2) is 30.3 Å². The number of benzene rings is 1. The first-order chi connectivity index (χ1) is 10.1. The molecule has 0 unspecified atom stereocenters. The Morgan fingerprint density at radius 3 is 2.62 bits per heavy atom. The van der Waals surface area contributed by atoms with Gasteiger partial charge in [-0.05, 0) is 43.7 Å². The molecule has 0 saturated heterocycles. The maximum absolute atomic E-state index is 11.2. The number of carbonyl (C=O) groups is 1. The number of anilines is 3. The van der Waals surface area contributed by atoms with E-state index in [1.54, 1.807) is 19.1 Å². The molecule has 0 aliphatic heterocycles. The van der Waals surface area contributed by atoms with Gasteiger partial charge in [-0.15, -0.1) is 10.2 Å². The average Bonchev–Trinajstić information content (AvgIpc) is 2.46. The van der Waals surface area contributed by atoms with E-state index in [9.17, 15) is 4.79 Å². The van der Waals surface area contributed by atoms with Crippen LogP contribution in [0.25, 0.3) is 0 Å². The van der Waals surface area contributed by atoms with E-state index in [0.717, 1.165) is 11.3 Å². The van der Waals surface area contributed by atoms with Gasteiger partial charge in [0.05, 0.1) is 6.61 Å². The third kappa shape index (κ3) is 4.06. The van der Waals surface area contributed by atoms with Crippen molar-refractivity contribution < 1.29 is 9.53 Å². The van der Waals surface area contributed by atoms with Gasteiger partial charge in [0, 0.05) is 10.7 Å². The molecule has 6 nitrogen and oxygen atoms in total. The van der Waals surface area contributed by atoms with Gasteiger partial charge in [0.2, 0.25) is 0 Å². The summed E-state index contributed by atoms with van der Waals surface area (Å²) in [6.45, 7) is 3.94. The first-order valence-corrected chi connectivity index (χ1v) is 6.77. The topological polar surface area (TPSA) is 76.1 Å². The predicted molar refractivity (Wildman–Crippen MR) is 82.1 cm³/mol. The zero-order valence-corrected chi connectivity index (χ0v) is 12.4. The van der Waals surface area contributed by atoms with Crippen molar-refractivity contribution >= 4 is 35.0 Å². The number of carbonyl (C=O) groups excluding carboxylic acids is 1. The highest BCUT2D eigenvalue weighted by Crippen LogP contribution is 2.25. The summed E-state index contributed by atoms with van der Waals surface area (Å²) in [5.41, 5.74) is 1.78. The Balaban J connectivity index is 2.05. The molecular weight excluding hydrogens is 292 g/mol. The summed E-state index contributed by atoms with van der Waals surface area (Å²) in [5, 5.41) is 14.1. The number of amides is 1. The van der Waals surface area contributed by atoms with Crippen LogP contribution in [-0.4, -0.2) is 22.9 Å². The number of hydrogen-bond acceptors (Lipinski definition) is 5. The van der Waals surface area contributed by atoms with Crippen molar-refractivity contribution in [2.24, 2.45) is 0 Å². The fourth-order valence-electron chi connectivity index (χ4n) is 1.62. The molecule has 2 N–H and O–H groups in total. The standard InChI is InChI=1S/C14H15ClN4O2/c1-3-21-14(20)17-13-8-7-12(18-19-13)16-11-6-4-5-10(15)9(11)2/h4-8H,3H2,1-2H3,(H,16,18)(H,17,19,20). The van der Waals surface area contributed by atoms with Gasteiger partial charge < -0.3 is 10.1 Å². The first-order valence-electron chi connectivity index (χ1n) is 6.39. The fourth-order valence-corrected chi connectivity index (χ4v) is 1.79. The van der Waals surface area contributed by atoms with Crippen LogP contribution in [0.3, 0.4) is 0 Å². The molecule has 110 valence electrons. The maximum Gasteiger partial charge on any atom is 0.412 e. The van der Waals surface area contributed by atoms with Crippen molar-refractivity contribution in [3.63, 3.8) is 0 Å². The summed E-state index contributed by atoms with van der Waals surface area (Å²) < 4.78 is 4.75. The molecular formula is C14H15ClN4O2. The lowest BCUT2D eigenvalue weighted by molar-refractivity contribution is 0.168. The summed E-state index contributed by atoms with van der Waals surface area (Å²) in [6, 6.07) is 8.90. The third-order valence-electron chi connectivity index (χ3n) is 2.70. The second-order valence-electron chi connectivity index (χ2n) is 4.19. The van der Waals surface area contributed by atoms with Gasteiger partial charge in [0.15, 0.2) is 11.6 Å². The zero-order chi connectivity index (χ0) is 15.2. The van der Waals surface area contributed by atoms with Crippen LogP contribution in [0.5, 0.6) is 0 Å². The molecule has 1 aromatic carbocycles. The SMILES string of the molecule is CCOC(=O)Nc1ccc(Nc2cccc(Cl)c2C)nn1. The normalized spacial score (nSPS) is 10.0. The van der Waals surface area contributed by atoms with Gasteiger partial charge in [-0.3, -0.25) is 5.32 Å². The molecule has 0 fully saturated rings. The molecule has 0 saturated carbocycles. The van der Waals surface area contributed by atoms with Gasteiger partial charge in [0.25, 0.3) is 0 Å². The molecule has 2 rings (SSSR count). The highest BCUT2D eigenvalue weighted by Gasteiger charge is 2.06. The number of halogens is 1. The van der Waals surface area contributed by atoms with Gasteiger partial charge >= 0.3 is 6.09 Å². The summed E-state index contributed by atoms with van der Waals surface area (Å²) in [7, 11) is 0. The van der Waals surface area contributed by atoms with Crippen LogP contribution in [-0.2, 0) is 4.74 Å². The maximum atomic E-state index is 11.2. The number of rotatable bonds is 4. The third-order valence-corrected chi connectivity index (χ3v) is 3.11. The van der Waals surface area contributed by atoms with Gasteiger partial charge in [-0.1, -0.05) is 17.7 Å². The molecule has 0 spiro atoms. The molecule has 0 bridgehead atoms. The fraction of sp³-hybridized carbons (Fsp3) is 0.214. The highest BCUT2D eigenvalue weighted by molar-refractivity contribution is 6.31. The molecule has 0 radical (unpaired) electrons. The van der Waals surface area contributed by atoms with E-state index < -0.39 is 6.09 Å². The summed E-state index contributed by atoms with van der Waals surface area (Å²) in [4.78, 5) is 11.2. The van der Waals surface area contributed by atoms with E-state index in [0.29, 0.717) is 23.3 Å². The summed E-state index contributed by atoms with van der Waals surface area (Å²) in [6.07, 6.45) is -0.557. The number of nitrogens with one attached hydrogen (secondary N) is 2. The Hall–Kier alpha value is -2.34. The molecule has 0 aliphatic rings. The minimum absolute atomic E-state index is 0.299. The number of nitrogens with zero attached hydrogens (tertiary/aromatic N) is 2. The van der Waals surface area contributed by atoms with Crippen LogP contribution >= 0.6 is 11.6 Å². The Kier molecular flexibility index (Phi) is 4.94. The lowest BCUT2D eigenvalue weighted by Crippen LogP contribution is -2.14. The van der Waals surface area contributed by atoms with Crippen LogP contribution in [0.4, 0.5) is 22.1 Å². The quantitative estimate of drug-likeness (QED) is 0.899. The molecule has 1 heterocycles. The second-order valence-corrected chi connectivity index (χ2v) is 4.59. The summed E-state index contributed by atoms with van der Waals surface area (Å²) in [5.74, 6) is 0.872. The van der Waals surface area contributed by atoms with Crippen molar-refractivity contribution in [1.29, 1.82) is 0 Å². The van der Waals surface area contributed by atoms with E-state index in [1.807, 2.05) is 25.1 Å². The molecule has 1 amide bonds. The van der Waals surface area contributed by atoms with Crippen LogP contribution < -0.4 is 10.6 Å². The van der Waals surface area contributed by atoms with E-state index in [-0.39, 0.29) is 0 Å². The minimum atomic E-state index is -0.557. The van der Waals surface area contributed by atoms with Crippen molar-refractivity contribution in [3.8, 4) is 0 Å². The predicted octanol–water partition coefficient (Wildman–Crippen LogP) is 3.75. The van der Waals surface area contributed by atoms with Crippen molar-refractivity contribution in [2.75, 3.05) is 17.2 Å². The molecule has 0 atom stereocenters. The Morgan fingerprint density at radius 2 is 1.95 bits per heavy atom. The molecule has 1 aromatic heterocycles. The number of ether oxygens (including phenoxy) is 1. The number of hydrogen-bond donors (Lipinski definition) is 2. The summed E-state index contributed by atoms with van der Waals surface area (Å²) >= 11 is 6.05. The van der Waals surface area contributed by atoms with Gasteiger partial charge in [-0.2, -0.15) is 0 Å². The zero-order valence-electron chi connectivity index (χ0n) is 11.7. The van der Waals surface area contributed by atoms with Crippen molar-refractivity contribution in [2.45, 2.75) is 13.8 Å². The first kappa shape index (κ1) is 15.1. The Labute approximate surface area is 127 Å². The molecule has 21 heavy (non-hydrogen) atoms. The average molecular weight is 307 g/mol. The van der Waals surface area contributed by atoms with E-state index >= 15 is 0 Å². The van der Waals surface area contributed by atoms with E-state index in [4.69, 9.17) is 16.3 Å². The van der Waals surface area contributed by atoms with Crippen molar-refractivity contribution in [3.05, 3.63) is 40.9 Å². The van der Waals surface area contributed by atoms with E-state index in [1.165, 1.54) is 0 Å². The lowest BCUT2D eigenvalue weighted by atomic mass is 10.2. The Bertz CT molecular complexity index is 631. The molecule has 2 aromatic rings. The molecule has 0 aliphatic carbocycles. The Morgan fingerprint density at radius 1 is 1.24 bits per heavy atom. The van der Waals surface area contributed by atoms with Crippen molar-refractivity contribution in [1.82, 2.24) is 10.2 Å². The molecule has 7 heteroatoms.